The molecule has 0 aromatic heterocycles. The molecule has 0 nitrogen and oxygen atoms in total. The number of hydrogen-bond donors (Lipinski definition) is 0. The molecule has 3 rings (SSSR count). The minimum absolute atomic E-state index is 0.358. The van der Waals surface area contributed by atoms with E-state index in [1.165, 1.54) is 0 Å². The standard InChI is InChI=1S/2C30H67Si7.2Bi.S2.S/c2*1-31(2,3)28(32(4,5)6)25-22-26(29(33(7,8)9)34(10,11)12)24-27(23-25)30(35(13,14)15,36(16,17)18)37(19,20)21;;;1-2;/h2*23-24,28-29H,1-21H3;;;;/q;;2*+1;-2;. The molecular weight excluding hydrogens is 1630 g/mol. The third-order valence-electron chi connectivity index (χ3n) is 18.8. The summed E-state index contributed by atoms with van der Waals surface area (Å²) >= 11 is -5.36. The summed E-state index contributed by atoms with van der Waals surface area (Å²) < 4.78 is 4.95. The molecule has 0 saturated carbocycles. The molecule has 1 saturated heterocycles. The molecule has 0 atom stereocenters. The maximum atomic E-state index is 3.16. The summed E-state index contributed by atoms with van der Waals surface area (Å²) in [7, 11) is -19.3. The van der Waals surface area contributed by atoms with Gasteiger partial charge in [0.2, 0.25) is 0 Å². The molecule has 0 bridgehead atoms. The Hall–Kier alpha value is 4.29. The van der Waals surface area contributed by atoms with Crippen LogP contribution in [-0.4, -0.2) is 151 Å². The Kier molecular flexibility index (Phi) is 23.9. The van der Waals surface area contributed by atoms with E-state index < -0.39 is 151 Å². The van der Waals surface area contributed by atoms with Crippen molar-refractivity contribution in [2.75, 3.05) is 0 Å². The maximum absolute atomic E-state index is 3.16. The second-order valence-electron chi connectivity index (χ2n) is 40.4. The molecule has 0 amide bonds. The van der Waals surface area contributed by atoms with E-state index in [2.05, 4.69) is 326 Å². The van der Waals surface area contributed by atoms with Gasteiger partial charge in [-0.3, -0.25) is 0 Å². The molecule has 2 aromatic rings. The van der Waals surface area contributed by atoms with E-state index in [0.717, 1.165) is 20.7 Å². The topological polar surface area (TPSA) is 0 Å². The van der Waals surface area contributed by atoms with E-state index in [4.69, 9.17) is 0 Å². The van der Waals surface area contributed by atoms with Gasteiger partial charge in [0.1, 0.15) is 0 Å². The second-order valence-corrected chi connectivity index (χ2v) is 174. The second kappa shape index (κ2) is 24.4. The van der Waals surface area contributed by atoms with Crippen molar-refractivity contribution in [3.63, 3.8) is 0 Å². The van der Waals surface area contributed by atoms with Crippen LogP contribution in [-0.2, 0) is 8.57 Å². The molecule has 0 spiro atoms. The van der Waals surface area contributed by atoms with Crippen LogP contribution in [0.5, 0.6) is 0 Å². The molecule has 2 aromatic carbocycles. The average Bonchev–Trinajstić information content (AvgIpc) is 3.52. The molecule has 0 aliphatic carbocycles. The molecule has 1 fully saturated rings. The molecule has 458 valence electrons. The predicted octanol–water partition coefficient (Wildman–Crippen LogP) is 22.0. The van der Waals surface area contributed by atoms with Crippen LogP contribution in [0.25, 0.3) is 0 Å². The van der Waals surface area contributed by atoms with Crippen molar-refractivity contribution in [3.05, 3.63) is 57.6 Å². The molecule has 0 radical (unpaired) electrons. The van der Waals surface area contributed by atoms with Crippen LogP contribution in [0.3, 0.4) is 0 Å². The Balaban J connectivity index is 3.07. The SMILES string of the molecule is C[Si](C)(C)C(c1cc(C([Si](C)(C)C)([Si](C)(C)C)[Si](C)(C)C)cc(C([Si](C)(C)C)[Si](C)(C)C)[c]1[Bi]1[S][S][Bi]([c]2c(C([Si](C)(C)C)[Si](C)(C)C)cc(C([Si](C)(C)C)([Si](C)(C)C)[Si](C)(C)C)cc2C([Si](C)(C)C)[Si](C)(C)C)[S]1)[Si](C)(C)C. The first kappa shape index (κ1) is 77.5. The van der Waals surface area contributed by atoms with Crippen molar-refractivity contribution in [1.29, 1.82) is 0 Å². The fourth-order valence-corrected chi connectivity index (χ4v) is 367. The van der Waals surface area contributed by atoms with Gasteiger partial charge < -0.3 is 0 Å². The summed E-state index contributed by atoms with van der Waals surface area (Å²) in [6.07, 6.45) is 0. The van der Waals surface area contributed by atoms with Gasteiger partial charge in [0.05, 0.1) is 0 Å². The van der Waals surface area contributed by atoms with Gasteiger partial charge >= 0.3 is 539 Å². The van der Waals surface area contributed by atoms with Crippen LogP contribution >= 0.6 is 20.4 Å². The van der Waals surface area contributed by atoms with E-state index in [1.807, 2.05) is 33.4 Å². The average molecular weight is 1760 g/mol. The van der Waals surface area contributed by atoms with Gasteiger partial charge in [-0.25, -0.2) is 0 Å². The molecule has 1 aliphatic heterocycles. The van der Waals surface area contributed by atoms with Gasteiger partial charge in [-0.05, 0) is 0 Å². The Morgan fingerprint density at radius 3 is 0.506 bits per heavy atom. The van der Waals surface area contributed by atoms with E-state index in [-0.39, 0.29) is 0 Å². The number of rotatable bonds is 22. The molecular formula is C60H134Bi2S3Si14. The molecule has 19 heteroatoms. The van der Waals surface area contributed by atoms with Gasteiger partial charge in [-0.15, -0.1) is 0 Å². The number of hydrogen-bond acceptors (Lipinski definition) is 3. The summed E-state index contributed by atoms with van der Waals surface area (Å²) in [4.78, 5) is 0. The van der Waals surface area contributed by atoms with Crippen LogP contribution in [0.1, 0.15) is 54.0 Å². The van der Waals surface area contributed by atoms with Crippen LogP contribution in [0.15, 0.2) is 24.3 Å². The van der Waals surface area contributed by atoms with Crippen LogP contribution in [0.2, 0.25) is 275 Å². The Bertz CT molecular complexity index is 2060. The van der Waals surface area contributed by atoms with E-state index >= 15 is 0 Å². The van der Waals surface area contributed by atoms with Gasteiger partial charge in [0.15, 0.2) is 0 Å². The minimum atomic E-state index is -2.68. The molecule has 0 N–H and O–H groups in total. The van der Waals surface area contributed by atoms with Gasteiger partial charge in [-0.1, -0.05) is 0 Å². The summed E-state index contributed by atoms with van der Waals surface area (Å²) in [5.74, 6) is 0. The zero-order valence-corrected chi connectivity index (χ0v) is 84.1. The summed E-state index contributed by atoms with van der Waals surface area (Å²) in [6.45, 7) is 119. The molecule has 1 aliphatic rings. The van der Waals surface area contributed by atoms with Crippen molar-refractivity contribution < 1.29 is 0 Å². The Labute approximate surface area is 532 Å². The first-order valence-electron chi connectivity index (χ1n) is 31.1. The van der Waals surface area contributed by atoms with Crippen LogP contribution in [0, 0.1) is 0 Å². The monoisotopic (exact) mass is 1760 g/mol. The predicted molar refractivity (Wildman–Crippen MR) is 428 cm³/mol. The first-order valence-corrected chi connectivity index (χ1v) is 104. The van der Waals surface area contributed by atoms with E-state index in [9.17, 15) is 0 Å². The van der Waals surface area contributed by atoms with Crippen molar-refractivity contribution >= 4 is 178 Å². The molecule has 0 unspecified atom stereocenters. The molecule has 79 heavy (non-hydrogen) atoms. The summed E-state index contributed by atoms with van der Waals surface area (Å²) in [6, 6.07) is 12.7. The fourth-order valence-electron chi connectivity index (χ4n) is 21.7. The summed E-state index contributed by atoms with van der Waals surface area (Å²) in [5.41, 5.74) is 11.8. The fraction of sp³-hybridized carbons (Fsp3) is 0.800. The van der Waals surface area contributed by atoms with Crippen molar-refractivity contribution in [2.45, 2.75) is 304 Å². The van der Waals surface area contributed by atoms with E-state index in [0.29, 0.717) is 8.57 Å². The van der Waals surface area contributed by atoms with Crippen LogP contribution < -0.4 is 6.54 Å². The van der Waals surface area contributed by atoms with E-state index in [1.54, 1.807) is 0 Å². The third kappa shape index (κ3) is 15.8. The normalized spacial score (nSPS) is 17.2. The number of benzene rings is 2. The van der Waals surface area contributed by atoms with Crippen molar-refractivity contribution in [3.8, 4) is 0 Å². The Morgan fingerprint density at radius 2 is 0.392 bits per heavy atom. The van der Waals surface area contributed by atoms with Gasteiger partial charge in [0.25, 0.3) is 0 Å². The molecule has 1 heterocycles. The zero-order valence-electron chi connectivity index (χ0n) is 60.7. The van der Waals surface area contributed by atoms with Crippen molar-refractivity contribution in [1.82, 2.24) is 0 Å². The summed E-state index contributed by atoms with van der Waals surface area (Å²) in [5, 5.41) is 5.91. The zero-order chi connectivity index (χ0) is 63.0. The quantitative estimate of drug-likeness (QED) is 0.0852. The van der Waals surface area contributed by atoms with Crippen molar-refractivity contribution in [2.24, 2.45) is 0 Å². The van der Waals surface area contributed by atoms with Gasteiger partial charge in [-0.2, -0.15) is 0 Å². The van der Waals surface area contributed by atoms with Crippen LogP contribution in [0.4, 0.5) is 0 Å². The van der Waals surface area contributed by atoms with Gasteiger partial charge in [0, 0.05) is 0 Å². The first-order chi connectivity index (χ1) is 34.1. The Morgan fingerprint density at radius 1 is 0.253 bits per heavy atom. The third-order valence-corrected chi connectivity index (χ3v) is 220.